The Kier molecular flexibility index (Phi) is 6.12. The molecule has 0 saturated carbocycles. The van der Waals surface area contributed by atoms with Gasteiger partial charge in [-0.2, -0.15) is 26.3 Å². The molecule has 3 unspecified atom stereocenters. The van der Waals surface area contributed by atoms with E-state index in [9.17, 15) is 39.9 Å². The highest BCUT2D eigenvalue weighted by molar-refractivity contribution is 6.24. The van der Waals surface area contributed by atoms with E-state index in [4.69, 9.17) is 5.11 Å². The quantitative estimate of drug-likeness (QED) is 0.458. The number of aliphatic hydroxyl groups excluding tert-OH is 1. The number of esters is 1. The van der Waals surface area contributed by atoms with Crippen LogP contribution in [0.4, 0.5) is 35.1 Å². The monoisotopic (exact) mass is 372 g/mol. The van der Waals surface area contributed by atoms with Crippen molar-refractivity contribution in [1.29, 1.82) is 0 Å². The zero-order chi connectivity index (χ0) is 17.3. The minimum absolute atomic E-state index is 1.77. The van der Waals surface area contributed by atoms with Crippen LogP contribution in [0.5, 0.6) is 0 Å². The molecule has 0 amide bonds. The fourth-order valence-corrected chi connectivity index (χ4v) is 0.919. The summed E-state index contributed by atoms with van der Waals surface area (Å²) in [4.78, 5) is 10.8. The zero-order valence-electron chi connectivity index (χ0n) is 9.53. The minimum atomic E-state index is -5.77. The third kappa shape index (κ3) is 5.29. The number of hydrogen-bond acceptors (Lipinski definition) is 3. The average molecular weight is 373 g/mol. The van der Waals surface area contributed by atoms with Gasteiger partial charge in [0.15, 0.2) is 0 Å². The second kappa shape index (κ2) is 6.29. The van der Waals surface area contributed by atoms with Crippen molar-refractivity contribution in [2.24, 2.45) is 0 Å². The number of alkyl halides is 10. The molecule has 0 radical (unpaired) electrons. The van der Waals surface area contributed by atoms with Crippen LogP contribution in [0.1, 0.15) is 6.42 Å². The van der Waals surface area contributed by atoms with Crippen molar-refractivity contribution in [3.8, 4) is 0 Å². The van der Waals surface area contributed by atoms with Crippen LogP contribution in [0.2, 0.25) is 0 Å². The number of carbonyl (C=O) groups excluding carboxylic acids is 1. The molecule has 0 bridgehead atoms. The lowest BCUT2D eigenvalue weighted by Crippen LogP contribution is -2.47. The van der Waals surface area contributed by atoms with Crippen LogP contribution in [-0.2, 0) is 9.53 Å². The van der Waals surface area contributed by atoms with Crippen molar-refractivity contribution in [3.63, 3.8) is 0 Å². The first kappa shape index (κ1) is 20.5. The standard InChI is InChI=1S/C8H6Cl2F8O3/c9-5(11,7(13,14)15)2-21-4(20)1-3(19)6(10,12)8(16,17)18/h3,19H,1-2H2. The van der Waals surface area contributed by atoms with Crippen LogP contribution in [0.3, 0.4) is 0 Å². The second-order valence-electron chi connectivity index (χ2n) is 3.70. The van der Waals surface area contributed by atoms with Gasteiger partial charge in [0.1, 0.15) is 12.7 Å². The summed E-state index contributed by atoms with van der Waals surface area (Å²) in [5, 5.41) is -0.418. The molecule has 126 valence electrons. The first-order valence-electron chi connectivity index (χ1n) is 4.75. The molecular formula is C8H6Cl2F8O3. The molecule has 0 aliphatic carbocycles. The lowest BCUT2D eigenvalue weighted by Gasteiger charge is -2.26. The molecule has 0 aromatic rings. The van der Waals surface area contributed by atoms with E-state index in [0.29, 0.717) is 0 Å². The maximum absolute atomic E-state index is 12.9. The summed E-state index contributed by atoms with van der Waals surface area (Å²) in [7, 11) is 0. The van der Waals surface area contributed by atoms with Crippen molar-refractivity contribution in [1.82, 2.24) is 0 Å². The molecule has 1 N–H and O–H groups in total. The second-order valence-corrected chi connectivity index (χ2v) is 4.85. The fourth-order valence-electron chi connectivity index (χ4n) is 0.787. The van der Waals surface area contributed by atoms with Crippen LogP contribution < -0.4 is 0 Å². The Labute approximate surface area is 121 Å². The molecule has 0 aliphatic heterocycles. The first-order valence-corrected chi connectivity index (χ1v) is 5.50. The molecule has 3 atom stereocenters. The number of aliphatic hydroxyl groups is 1. The molecule has 3 nitrogen and oxygen atoms in total. The fraction of sp³-hybridized carbons (Fsp3) is 0.875. The van der Waals surface area contributed by atoms with Gasteiger partial charge < -0.3 is 9.84 Å². The van der Waals surface area contributed by atoms with E-state index in [1.54, 1.807) is 0 Å². The highest BCUT2D eigenvalue weighted by atomic mass is 35.5. The van der Waals surface area contributed by atoms with E-state index >= 15 is 0 Å². The molecule has 0 spiro atoms. The Bertz CT molecular complexity index is 379. The molecule has 0 aromatic carbocycles. The Hall–Kier alpha value is -0.550. The maximum Gasteiger partial charge on any atom is 0.440 e. The summed E-state index contributed by atoms with van der Waals surface area (Å²) in [6.45, 7) is -2.10. The van der Waals surface area contributed by atoms with Gasteiger partial charge in [-0.25, -0.2) is 8.78 Å². The van der Waals surface area contributed by atoms with Gasteiger partial charge in [-0.3, -0.25) is 4.79 Å². The summed E-state index contributed by atoms with van der Waals surface area (Å²) in [5.41, 5.74) is 0. The zero-order valence-corrected chi connectivity index (χ0v) is 11.0. The largest absolute Gasteiger partial charge is 0.460 e. The third-order valence-electron chi connectivity index (χ3n) is 1.99. The molecule has 21 heavy (non-hydrogen) atoms. The molecule has 0 rings (SSSR count). The predicted octanol–water partition coefficient (Wildman–Crippen LogP) is 3.21. The Morgan fingerprint density at radius 3 is 1.76 bits per heavy atom. The van der Waals surface area contributed by atoms with E-state index in [2.05, 4.69) is 27.9 Å². The molecule has 0 aliphatic rings. The Balaban J connectivity index is 4.61. The van der Waals surface area contributed by atoms with Crippen molar-refractivity contribution >= 4 is 29.2 Å². The summed E-state index contributed by atoms with van der Waals surface area (Å²) in [6, 6.07) is 0. The normalized spacial score (nSPS) is 20.3. The van der Waals surface area contributed by atoms with Crippen LogP contribution in [0, 0.1) is 0 Å². The molecule has 0 saturated heterocycles. The Morgan fingerprint density at radius 2 is 1.43 bits per heavy atom. The smallest absolute Gasteiger partial charge is 0.440 e. The van der Waals surface area contributed by atoms with E-state index in [1.165, 1.54) is 0 Å². The molecule has 0 heterocycles. The minimum Gasteiger partial charge on any atom is -0.460 e. The van der Waals surface area contributed by atoms with Crippen LogP contribution >= 0.6 is 23.2 Å². The van der Waals surface area contributed by atoms with Crippen LogP contribution in [-0.4, -0.2) is 46.4 Å². The van der Waals surface area contributed by atoms with Crippen molar-refractivity contribution < 1.29 is 49.8 Å². The van der Waals surface area contributed by atoms with E-state index in [0.717, 1.165) is 0 Å². The summed E-state index contributed by atoms with van der Waals surface area (Å²) >= 11 is 8.68. The van der Waals surface area contributed by atoms with Gasteiger partial charge in [-0.05, 0) is 0 Å². The summed E-state index contributed by atoms with van der Waals surface area (Å²) in [6.07, 6.45) is -16.3. The maximum atomic E-state index is 12.9. The first-order chi connectivity index (χ1) is 9.02. The average Bonchev–Trinajstić information content (AvgIpc) is 2.23. The Morgan fingerprint density at radius 1 is 1.00 bits per heavy atom. The van der Waals surface area contributed by atoms with Crippen LogP contribution in [0.15, 0.2) is 0 Å². The van der Waals surface area contributed by atoms with Gasteiger partial charge in [-0.1, -0.05) is 23.2 Å². The number of halogens is 10. The van der Waals surface area contributed by atoms with Crippen molar-refractivity contribution in [3.05, 3.63) is 0 Å². The molecule has 0 fully saturated rings. The van der Waals surface area contributed by atoms with Gasteiger partial charge in [0.05, 0.1) is 6.42 Å². The van der Waals surface area contributed by atoms with E-state index in [-0.39, 0.29) is 0 Å². The predicted molar refractivity (Wildman–Crippen MR) is 53.1 cm³/mol. The lowest BCUT2D eigenvalue weighted by molar-refractivity contribution is -0.228. The SMILES string of the molecule is O=C(CC(O)C(F)(Cl)C(F)(F)F)OCC(F)(Cl)C(F)(F)F. The summed E-state index contributed by atoms with van der Waals surface area (Å²) in [5.74, 6) is -1.97. The number of ether oxygens (including phenoxy) is 1. The van der Waals surface area contributed by atoms with Gasteiger partial charge in [-0.15, -0.1) is 0 Å². The highest BCUT2D eigenvalue weighted by Gasteiger charge is 2.60. The van der Waals surface area contributed by atoms with Crippen LogP contribution in [0.25, 0.3) is 0 Å². The highest BCUT2D eigenvalue weighted by Crippen LogP contribution is 2.41. The molecule has 13 heteroatoms. The van der Waals surface area contributed by atoms with Gasteiger partial charge in [0.2, 0.25) is 0 Å². The lowest BCUT2D eigenvalue weighted by atomic mass is 10.1. The van der Waals surface area contributed by atoms with E-state index < -0.39 is 47.7 Å². The number of hydrogen-bond donors (Lipinski definition) is 1. The van der Waals surface area contributed by atoms with Crippen molar-refractivity contribution in [2.45, 2.75) is 35.1 Å². The van der Waals surface area contributed by atoms with Crippen molar-refractivity contribution in [2.75, 3.05) is 6.61 Å². The molecular weight excluding hydrogens is 367 g/mol. The van der Waals surface area contributed by atoms with Gasteiger partial charge in [0.25, 0.3) is 0 Å². The third-order valence-corrected chi connectivity index (χ3v) is 2.78. The molecule has 0 aromatic heterocycles. The van der Waals surface area contributed by atoms with E-state index in [1.807, 2.05) is 0 Å². The van der Waals surface area contributed by atoms with Gasteiger partial charge in [0, 0.05) is 0 Å². The summed E-state index contributed by atoms with van der Waals surface area (Å²) < 4.78 is 101. The van der Waals surface area contributed by atoms with Gasteiger partial charge >= 0.3 is 28.6 Å². The topological polar surface area (TPSA) is 46.5 Å². The number of rotatable bonds is 5. The number of carbonyl (C=O) groups is 1.